The lowest BCUT2D eigenvalue weighted by Crippen LogP contribution is -2.28. The van der Waals surface area contributed by atoms with Gasteiger partial charge in [0, 0.05) is 44.4 Å². The minimum absolute atomic E-state index is 0.0132. The van der Waals surface area contributed by atoms with Crippen molar-refractivity contribution in [1.82, 2.24) is 39.7 Å². The number of aryl methyl sites for hydroxylation is 1. The molecule has 2 N–H and O–H groups in total. The first-order chi connectivity index (χ1) is 17.4. The van der Waals surface area contributed by atoms with Crippen LogP contribution in [0.4, 0.5) is 16.2 Å². The van der Waals surface area contributed by atoms with Crippen molar-refractivity contribution in [2.45, 2.75) is 19.4 Å². The number of hydrogen-bond donors (Lipinski definition) is 2. The number of carbonyl (C=O) groups is 1. The number of anilines is 2. The monoisotopic (exact) mass is 505 g/mol. The van der Waals surface area contributed by atoms with Gasteiger partial charge in [0.1, 0.15) is 17.5 Å². The third kappa shape index (κ3) is 4.86. The number of nitrogens with zero attached hydrogens (tertiary/aromatic N) is 7. The second kappa shape index (κ2) is 9.70. The SMILES string of the molecule is CC(=O)NC(Cc1nnc2cc(-c3ccnc(Nc4ccnn4C)n3)ccn12)c1ccc(F)c(Cl)c1. The third-order valence-corrected chi connectivity index (χ3v) is 5.89. The maximum atomic E-state index is 13.7. The average molecular weight is 506 g/mol. The van der Waals surface area contributed by atoms with E-state index in [4.69, 9.17) is 11.6 Å². The molecule has 0 fully saturated rings. The van der Waals surface area contributed by atoms with Crippen molar-refractivity contribution in [3.63, 3.8) is 0 Å². The van der Waals surface area contributed by atoms with Gasteiger partial charge in [0.2, 0.25) is 11.9 Å². The summed E-state index contributed by atoms with van der Waals surface area (Å²) in [4.78, 5) is 20.7. The van der Waals surface area contributed by atoms with Gasteiger partial charge >= 0.3 is 0 Å². The van der Waals surface area contributed by atoms with Crippen molar-refractivity contribution < 1.29 is 9.18 Å². The molecule has 1 atom stereocenters. The van der Waals surface area contributed by atoms with Crippen molar-refractivity contribution in [3.05, 3.63) is 83.3 Å². The van der Waals surface area contributed by atoms with Crippen LogP contribution in [0.25, 0.3) is 16.9 Å². The number of benzene rings is 1. The summed E-state index contributed by atoms with van der Waals surface area (Å²) in [6.07, 6.45) is 5.53. The number of fused-ring (bicyclic) bond motifs is 1. The zero-order valence-corrected chi connectivity index (χ0v) is 20.1. The third-order valence-electron chi connectivity index (χ3n) is 5.60. The summed E-state index contributed by atoms with van der Waals surface area (Å²) in [6, 6.07) is 11.3. The van der Waals surface area contributed by atoms with E-state index in [-0.39, 0.29) is 10.9 Å². The number of amides is 1. The molecule has 0 bridgehead atoms. The van der Waals surface area contributed by atoms with E-state index in [1.807, 2.05) is 41.9 Å². The number of halogens is 2. The first kappa shape index (κ1) is 23.4. The Kier molecular flexibility index (Phi) is 6.30. The number of aromatic nitrogens is 7. The molecule has 0 saturated carbocycles. The van der Waals surface area contributed by atoms with Crippen LogP contribution in [0.3, 0.4) is 0 Å². The van der Waals surface area contributed by atoms with Crippen LogP contribution in [-0.4, -0.2) is 40.3 Å². The van der Waals surface area contributed by atoms with E-state index in [0.29, 0.717) is 35.1 Å². The van der Waals surface area contributed by atoms with Gasteiger partial charge in [-0.2, -0.15) is 5.10 Å². The highest BCUT2D eigenvalue weighted by Gasteiger charge is 2.19. The first-order valence-electron chi connectivity index (χ1n) is 11.0. The molecule has 5 rings (SSSR count). The molecule has 0 aliphatic rings. The molecule has 1 unspecified atom stereocenters. The molecule has 5 aromatic rings. The van der Waals surface area contributed by atoms with Gasteiger partial charge in [0.05, 0.1) is 23.0 Å². The van der Waals surface area contributed by atoms with E-state index in [9.17, 15) is 9.18 Å². The molecular formula is C24H21ClFN9O. The molecule has 4 aromatic heterocycles. The molecular weight excluding hydrogens is 485 g/mol. The number of pyridine rings is 1. The summed E-state index contributed by atoms with van der Waals surface area (Å²) in [6.45, 7) is 1.42. The quantitative estimate of drug-likeness (QED) is 0.345. The maximum absolute atomic E-state index is 13.7. The van der Waals surface area contributed by atoms with Crippen LogP contribution >= 0.6 is 11.6 Å². The zero-order valence-electron chi connectivity index (χ0n) is 19.4. The number of hydrogen-bond acceptors (Lipinski definition) is 7. The Morgan fingerprint density at radius 2 is 2.00 bits per heavy atom. The van der Waals surface area contributed by atoms with Gasteiger partial charge in [0.25, 0.3) is 0 Å². The normalized spacial score (nSPS) is 12.0. The molecule has 0 aliphatic carbocycles. The highest BCUT2D eigenvalue weighted by atomic mass is 35.5. The molecule has 0 saturated heterocycles. The van der Waals surface area contributed by atoms with E-state index in [1.54, 1.807) is 23.1 Å². The van der Waals surface area contributed by atoms with Crippen LogP contribution < -0.4 is 10.6 Å². The lowest BCUT2D eigenvalue weighted by Gasteiger charge is -2.18. The highest BCUT2D eigenvalue weighted by molar-refractivity contribution is 6.30. The summed E-state index contributed by atoms with van der Waals surface area (Å²) < 4.78 is 17.2. The van der Waals surface area contributed by atoms with Crippen molar-refractivity contribution in [2.24, 2.45) is 7.05 Å². The van der Waals surface area contributed by atoms with Crippen LogP contribution in [0, 0.1) is 5.82 Å². The number of nitrogens with one attached hydrogen (secondary N) is 2. The Balaban J connectivity index is 1.42. The fraction of sp³-hybridized carbons (Fsp3) is 0.167. The van der Waals surface area contributed by atoms with Crippen LogP contribution in [-0.2, 0) is 18.3 Å². The Labute approximate surface area is 210 Å². The Hall–Kier alpha value is -4.38. The summed E-state index contributed by atoms with van der Waals surface area (Å²) in [5.41, 5.74) is 2.82. The number of rotatable bonds is 7. The smallest absolute Gasteiger partial charge is 0.228 e. The van der Waals surface area contributed by atoms with Gasteiger partial charge in [0.15, 0.2) is 5.65 Å². The average Bonchev–Trinajstić information content (AvgIpc) is 3.45. The van der Waals surface area contributed by atoms with Gasteiger partial charge < -0.3 is 10.6 Å². The van der Waals surface area contributed by atoms with Crippen molar-refractivity contribution in [1.29, 1.82) is 0 Å². The molecule has 12 heteroatoms. The van der Waals surface area contributed by atoms with Crippen LogP contribution in [0.5, 0.6) is 0 Å². The Morgan fingerprint density at radius 1 is 1.14 bits per heavy atom. The van der Waals surface area contributed by atoms with Gasteiger partial charge in [-0.15, -0.1) is 10.2 Å². The predicted molar refractivity (Wildman–Crippen MR) is 132 cm³/mol. The number of carbonyl (C=O) groups excluding carboxylic acids is 1. The maximum Gasteiger partial charge on any atom is 0.228 e. The lowest BCUT2D eigenvalue weighted by atomic mass is 10.0. The van der Waals surface area contributed by atoms with Crippen molar-refractivity contribution in [3.8, 4) is 11.3 Å². The topological polar surface area (TPSA) is 115 Å². The molecule has 1 amide bonds. The summed E-state index contributed by atoms with van der Waals surface area (Å²) >= 11 is 5.97. The zero-order chi connectivity index (χ0) is 25.2. The predicted octanol–water partition coefficient (Wildman–Crippen LogP) is 3.88. The minimum atomic E-state index is -0.522. The Morgan fingerprint density at radius 3 is 2.75 bits per heavy atom. The first-order valence-corrected chi connectivity index (χ1v) is 11.4. The Bertz CT molecular complexity index is 1560. The fourth-order valence-electron chi connectivity index (χ4n) is 3.84. The van der Waals surface area contributed by atoms with E-state index >= 15 is 0 Å². The standard InChI is InChI=1S/C24H21ClFN9O/c1-14(36)29-20(15-3-4-18(26)17(25)11-15)13-23-33-32-22-12-16(7-10-35(22)23)19-5-8-27-24(30-19)31-21-6-9-28-34(21)2/h3-12,20H,13H2,1-2H3,(H,29,36)(H,27,30,31). The van der Waals surface area contributed by atoms with E-state index in [0.717, 1.165) is 11.4 Å². The van der Waals surface area contributed by atoms with E-state index in [2.05, 4.69) is 35.9 Å². The molecule has 0 spiro atoms. The second-order valence-corrected chi connectivity index (χ2v) is 8.53. The molecule has 0 radical (unpaired) electrons. The van der Waals surface area contributed by atoms with E-state index < -0.39 is 11.9 Å². The van der Waals surface area contributed by atoms with Crippen molar-refractivity contribution >= 4 is 34.9 Å². The van der Waals surface area contributed by atoms with Gasteiger partial charge in [-0.1, -0.05) is 17.7 Å². The summed E-state index contributed by atoms with van der Waals surface area (Å²) in [5.74, 6) is 1.08. The molecule has 1 aromatic carbocycles. The molecule has 0 aliphatic heterocycles. The minimum Gasteiger partial charge on any atom is -0.349 e. The van der Waals surface area contributed by atoms with Crippen LogP contribution in [0.1, 0.15) is 24.4 Å². The van der Waals surface area contributed by atoms with Crippen molar-refractivity contribution in [2.75, 3.05) is 5.32 Å². The lowest BCUT2D eigenvalue weighted by molar-refractivity contribution is -0.119. The highest BCUT2D eigenvalue weighted by Crippen LogP contribution is 2.25. The molecule has 182 valence electrons. The fourth-order valence-corrected chi connectivity index (χ4v) is 4.03. The van der Waals surface area contributed by atoms with Gasteiger partial charge in [-0.3, -0.25) is 13.9 Å². The second-order valence-electron chi connectivity index (χ2n) is 8.12. The van der Waals surface area contributed by atoms with Crippen LogP contribution in [0.15, 0.2) is 61.1 Å². The molecule has 36 heavy (non-hydrogen) atoms. The van der Waals surface area contributed by atoms with Gasteiger partial charge in [-0.05, 0) is 35.9 Å². The van der Waals surface area contributed by atoms with Gasteiger partial charge in [-0.25, -0.2) is 14.4 Å². The van der Waals surface area contributed by atoms with E-state index in [1.165, 1.54) is 19.1 Å². The van der Waals surface area contributed by atoms with Crippen LogP contribution in [0.2, 0.25) is 5.02 Å². The molecule has 10 nitrogen and oxygen atoms in total. The largest absolute Gasteiger partial charge is 0.349 e. The summed E-state index contributed by atoms with van der Waals surface area (Å²) in [7, 11) is 1.82. The molecule has 4 heterocycles. The summed E-state index contributed by atoms with van der Waals surface area (Å²) in [5, 5.41) is 18.8.